The van der Waals surface area contributed by atoms with E-state index in [2.05, 4.69) is 12.7 Å². The van der Waals surface area contributed by atoms with Crippen molar-refractivity contribution >= 4 is 6.09 Å². The van der Waals surface area contributed by atoms with Gasteiger partial charge in [0.15, 0.2) is 0 Å². The van der Waals surface area contributed by atoms with E-state index in [1.54, 1.807) is 23.1 Å². The van der Waals surface area contributed by atoms with E-state index in [0.717, 1.165) is 25.0 Å². The summed E-state index contributed by atoms with van der Waals surface area (Å²) in [4.78, 5) is 13.9. The average molecular weight is 257 g/mol. The maximum atomic E-state index is 12.2. The Balaban J connectivity index is 2.10. The van der Waals surface area contributed by atoms with Crippen molar-refractivity contribution in [1.29, 1.82) is 0 Å². The Hall–Kier alpha value is -2.03. The van der Waals surface area contributed by atoms with Crippen molar-refractivity contribution in [1.82, 2.24) is 4.90 Å². The molecule has 19 heavy (non-hydrogen) atoms. The average Bonchev–Trinajstić information content (AvgIpc) is 2.39. The lowest BCUT2D eigenvalue weighted by molar-refractivity contribution is 0.165. The summed E-state index contributed by atoms with van der Waals surface area (Å²) in [5, 5.41) is 0. The van der Waals surface area contributed by atoms with Gasteiger partial charge in [-0.2, -0.15) is 0 Å². The molecule has 0 saturated heterocycles. The Morgan fingerprint density at radius 3 is 2.74 bits per heavy atom. The summed E-state index contributed by atoms with van der Waals surface area (Å²) in [7, 11) is 0. The van der Waals surface area contributed by atoms with Crippen LogP contribution in [0.5, 0.6) is 5.75 Å². The van der Waals surface area contributed by atoms with E-state index in [1.807, 2.05) is 18.2 Å². The number of hydrogen-bond acceptors (Lipinski definition) is 2. The van der Waals surface area contributed by atoms with E-state index in [0.29, 0.717) is 12.3 Å². The molecule has 1 aromatic rings. The van der Waals surface area contributed by atoms with Crippen molar-refractivity contribution in [2.45, 2.75) is 25.7 Å². The SMILES string of the molecule is C=C/C1=C/CCCCCN1C(=O)Oc1ccccc1. The van der Waals surface area contributed by atoms with Gasteiger partial charge in [0.25, 0.3) is 0 Å². The van der Waals surface area contributed by atoms with Crippen LogP contribution in [0.15, 0.2) is 54.8 Å². The lowest BCUT2D eigenvalue weighted by Crippen LogP contribution is -2.33. The molecule has 0 radical (unpaired) electrons. The van der Waals surface area contributed by atoms with Gasteiger partial charge in [0.2, 0.25) is 0 Å². The first-order valence-electron chi connectivity index (χ1n) is 6.68. The van der Waals surface area contributed by atoms with Crippen LogP contribution >= 0.6 is 0 Å². The molecule has 100 valence electrons. The van der Waals surface area contributed by atoms with Gasteiger partial charge >= 0.3 is 6.09 Å². The van der Waals surface area contributed by atoms with Crippen LogP contribution in [0.4, 0.5) is 4.79 Å². The van der Waals surface area contributed by atoms with E-state index in [-0.39, 0.29) is 6.09 Å². The van der Waals surface area contributed by atoms with Gasteiger partial charge in [0.1, 0.15) is 5.75 Å². The highest BCUT2D eigenvalue weighted by Gasteiger charge is 2.19. The van der Waals surface area contributed by atoms with Crippen molar-refractivity contribution in [3.05, 3.63) is 54.8 Å². The zero-order chi connectivity index (χ0) is 13.5. The third-order valence-corrected chi connectivity index (χ3v) is 3.13. The van der Waals surface area contributed by atoms with Crippen molar-refractivity contribution in [3.63, 3.8) is 0 Å². The Kier molecular flexibility index (Phi) is 4.78. The quantitative estimate of drug-likeness (QED) is 0.797. The summed E-state index contributed by atoms with van der Waals surface area (Å²) in [5.74, 6) is 0.568. The standard InChI is InChI=1S/C16H19NO2/c1-2-14-10-6-3-4-9-13-17(14)16(18)19-15-11-7-5-8-12-15/h2,5,7-8,10-12H,1,3-4,6,9,13H2/b14-10-. The number of para-hydroxylation sites is 1. The number of carbonyl (C=O) groups is 1. The molecule has 0 bridgehead atoms. The van der Waals surface area contributed by atoms with Crippen molar-refractivity contribution in [3.8, 4) is 5.75 Å². The van der Waals surface area contributed by atoms with Gasteiger partial charge in [-0.25, -0.2) is 4.79 Å². The largest absolute Gasteiger partial charge is 0.419 e. The first-order chi connectivity index (χ1) is 9.31. The third kappa shape index (κ3) is 3.71. The number of nitrogens with zero attached hydrogens (tertiary/aromatic N) is 1. The van der Waals surface area contributed by atoms with Crippen LogP contribution in [0.3, 0.4) is 0 Å². The van der Waals surface area contributed by atoms with Crippen LogP contribution in [0, 0.1) is 0 Å². The van der Waals surface area contributed by atoms with Gasteiger partial charge in [0.05, 0.1) is 0 Å². The minimum Gasteiger partial charge on any atom is -0.410 e. The molecular weight excluding hydrogens is 238 g/mol. The van der Waals surface area contributed by atoms with E-state index in [4.69, 9.17) is 4.74 Å². The highest BCUT2D eigenvalue weighted by atomic mass is 16.6. The van der Waals surface area contributed by atoms with Gasteiger partial charge in [-0.15, -0.1) is 0 Å². The predicted molar refractivity (Wildman–Crippen MR) is 75.9 cm³/mol. The molecule has 0 N–H and O–H groups in total. The van der Waals surface area contributed by atoms with E-state index < -0.39 is 0 Å². The summed E-state index contributed by atoms with van der Waals surface area (Å²) in [6.07, 6.45) is 7.72. The van der Waals surface area contributed by atoms with Crippen molar-refractivity contribution in [2.75, 3.05) is 6.54 Å². The molecule has 2 rings (SSSR count). The maximum absolute atomic E-state index is 12.2. The first kappa shape index (κ1) is 13.4. The Morgan fingerprint density at radius 1 is 1.21 bits per heavy atom. The number of carbonyl (C=O) groups excluding carboxylic acids is 1. The number of hydrogen-bond donors (Lipinski definition) is 0. The van der Waals surface area contributed by atoms with Crippen LogP contribution in [-0.4, -0.2) is 17.5 Å². The smallest absolute Gasteiger partial charge is 0.410 e. The molecule has 1 aliphatic rings. The number of benzene rings is 1. The molecule has 3 heteroatoms. The number of amides is 1. The number of allylic oxidation sites excluding steroid dienone is 2. The second-order valence-corrected chi connectivity index (χ2v) is 4.52. The van der Waals surface area contributed by atoms with E-state index >= 15 is 0 Å². The van der Waals surface area contributed by atoms with Gasteiger partial charge in [-0.3, -0.25) is 4.90 Å². The normalized spacial score (nSPS) is 18.7. The minimum absolute atomic E-state index is 0.334. The van der Waals surface area contributed by atoms with Crippen molar-refractivity contribution in [2.24, 2.45) is 0 Å². The summed E-state index contributed by atoms with van der Waals surface area (Å²) in [5.41, 5.74) is 0.848. The highest BCUT2D eigenvalue weighted by Crippen LogP contribution is 2.18. The predicted octanol–water partition coefficient (Wildman–Crippen LogP) is 4.13. The molecule has 0 unspecified atom stereocenters. The molecule has 0 aliphatic carbocycles. The highest BCUT2D eigenvalue weighted by molar-refractivity contribution is 5.73. The van der Waals surface area contributed by atoms with Crippen molar-refractivity contribution < 1.29 is 9.53 Å². The third-order valence-electron chi connectivity index (χ3n) is 3.13. The maximum Gasteiger partial charge on any atom is 0.419 e. The Bertz CT molecular complexity index is 465. The monoisotopic (exact) mass is 257 g/mol. The molecule has 0 spiro atoms. The molecule has 3 nitrogen and oxygen atoms in total. The molecule has 0 saturated carbocycles. The minimum atomic E-state index is -0.334. The lowest BCUT2D eigenvalue weighted by Gasteiger charge is -2.24. The summed E-state index contributed by atoms with van der Waals surface area (Å²) in [6, 6.07) is 9.14. The van der Waals surface area contributed by atoms with Gasteiger partial charge in [0, 0.05) is 12.2 Å². The Morgan fingerprint density at radius 2 is 2.00 bits per heavy atom. The van der Waals surface area contributed by atoms with Crippen LogP contribution in [0.25, 0.3) is 0 Å². The second kappa shape index (κ2) is 6.78. The zero-order valence-electron chi connectivity index (χ0n) is 11.0. The molecule has 1 aromatic carbocycles. The number of ether oxygens (including phenoxy) is 1. The number of rotatable bonds is 2. The summed E-state index contributed by atoms with van der Waals surface area (Å²) < 4.78 is 5.38. The van der Waals surface area contributed by atoms with Gasteiger partial charge in [-0.05, 0) is 37.5 Å². The van der Waals surface area contributed by atoms with Crippen LogP contribution in [-0.2, 0) is 0 Å². The van der Waals surface area contributed by atoms with E-state index in [1.165, 1.54) is 6.42 Å². The van der Waals surface area contributed by atoms with Crippen LogP contribution in [0.1, 0.15) is 25.7 Å². The lowest BCUT2D eigenvalue weighted by atomic mass is 10.1. The molecule has 1 aliphatic heterocycles. The first-order valence-corrected chi connectivity index (χ1v) is 6.68. The van der Waals surface area contributed by atoms with Gasteiger partial charge in [-0.1, -0.05) is 37.3 Å². The summed E-state index contributed by atoms with van der Waals surface area (Å²) in [6.45, 7) is 4.46. The second-order valence-electron chi connectivity index (χ2n) is 4.52. The fourth-order valence-electron chi connectivity index (χ4n) is 2.11. The molecule has 0 aromatic heterocycles. The fraction of sp³-hybridized carbons (Fsp3) is 0.312. The molecule has 0 atom stereocenters. The topological polar surface area (TPSA) is 29.5 Å². The fourth-order valence-corrected chi connectivity index (χ4v) is 2.11. The molecule has 1 amide bonds. The molecular formula is C16H19NO2. The zero-order valence-corrected chi connectivity index (χ0v) is 11.0. The molecule has 1 heterocycles. The molecule has 0 fully saturated rings. The van der Waals surface area contributed by atoms with Gasteiger partial charge < -0.3 is 4.74 Å². The van der Waals surface area contributed by atoms with E-state index in [9.17, 15) is 4.79 Å². The Labute approximate surface area is 114 Å². The van der Waals surface area contributed by atoms with Crippen LogP contribution < -0.4 is 4.74 Å². The summed E-state index contributed by atoms with van der Waals surface area (Å²) >= 11 is 0. The van der Waals surface area contributed by atoms with Crippen LogP contribution in [0.2, 0.25) is 0 Å².